The van der Waals surface area contributed by atoms with E-state index in [0.29, 0.717) is 11.7 Å². The molecule has 1 fully saturated rings. The van der Waals surface area contributed by atoms with Gasteiger partial charge in [-0.1, -0.05) is 36.7 Å². The molecule has 1 amide bonds. The predicted molar refractivity (Wildman–Crippen MR) is 134 cm³/mol. The van der Waals surface area contributed by atoms with Crippen molar-refractivity contribution < 1.29 is 9.53 Å². The molecule has 33 heavy (non-hydrogen) atoms. The van der Waals surface area contributed by atoms with Crippen LogP contribution in [0.3, 0.4) is 0 Å². The molecule has 6 nitrogen and oxygen atoms in total. The highest BCUT2D eigenvalue weighted by atomic mass is 32.2. The summed E-state index contributed by atoms with van der Waals surface area (Å²) in [6.45, 7) is 0.461. The highest BCUT2D eigenvalue weighted by Gasteiger charge is 2.27. The summed E-state index contributed by atoms with van der Waals surface area (Å²) in [6.07, 6.45) is 8.67. The smallest absolute Gasteiger partial charge is 0.263 e. The first-order valence-electron chi connectivity index (χ1n) is 11.7. The molecule has 1 N–H and O–H groups in total. The molecule has 0 spiro atoms. The molecular weight excluding hydrogens is 454 g/mol. The number of nitrogens with one attached hydrogen (secondary N) is 1. The van der Waals surface area contributed by atoms with Crippen molar-refractivity contribution in [2.24, 2.45) is 0 Å². The molecule has 2 heterocycles. The number of benzene rings is 1. The molecule has 0 unspecified atom stereocenters. The molecule has 0 radical (unpaired) electrons. The number of carbonyl (C=O) groups is 1. The number of ether oxygens (including phenoxy) is 1. The fraction of sp³-hybridized carbons (Fsp3) is 0.480. The molecule has 8 heteroatoms. The molecule has 2 aromatic heterocycles. The molecule has 0 aliphatic heterocycles. The van der Waals surface area contributed by atoms with Crippen LogP contribution in [0.1, 0.15) is 60.6 Å². The predicted octanol–water partition coefficient (Wildman–Crippen LogP) is 4.87. The summed E-state index contributed by atoms with van der Waals surface area (Å²) in [4.78, 5) is 33.4. The molecule has 5 rings (SSSR count). The standard InChI is InChI=1S/C25H29N3O3S2/c1-31-18-12-10-16(11-13-18)14-26-21(29)15-32-25-27-23-22(19-8-4-5-9-20(19)33-23)24(30)28(25)17-6-2-3-7-17/h10-13,17H,2-9,14-15H2,1H3,(H,26,29). The third-order valence-electron chi connectivity index (χ3n) is 6.66. The number of hydrogen-bond donors (Lipinski definition) is 1. The van der Waals surface area contributed by atoms with E-state index in [9.17, 15) is 9.59 Å². The molecule has 0 saturated heterocycles. The minimum Gasteiger partial charge on any atom is -0.497 e. The van der Waals surface area contributed by atoms with Crippen LogP contribution in [0.25, 0.3) is 10.2 Å². The van der Waals surface area contributed by atoms with Crippen LogP contribution >= 0.6 is 23.1 Å². The Balaban J connectivity index is 1.35. The lowest BCUT2D eigenvalue weighted by atomic mass is 9.97. The molecule has 1 aromatic carbocycles. The van der Waals surface area contributed by atoms with Gasteiger partial charge >= 0.3 is 0 Å². The van der Waals surface area contributed by atoms with Gasteiger partial charge in [-0.15, -0.1) is 11.3 Å². The van der Waals surface area contributed by atoms with Gasteiger partial charge in [0.05, 0.1) is 18.2 Å². The van der Waals surface area contributed by atoms with Crippen LogP contribution in [0.4, 0.5) is 0 Å². The van der Waals surface area contributed by atoms with Crippen LogP contribution in [0.2, 0.25) is 0 Å². The Labute approximate surface area is 201 Å². The molecule has 0 bridgehead atoms. The normalized spacial score (nSPS) is 16.2. The Hall–Kier alpha value is -2.32. The summed E-state index contributed by atoms with van der Waals surface area (Å²) >= 11 is 3.06. The van der Waals surface area contributed by atoms with Gasteiger partial charge in [-0.05, 0) is 61.8 Å². The molecule has 3 aromatic rings. The SMILES string of the molecule is COc1ccc(CNC(=O)CSc2nc3sc4c(c3c(=O)n2C2CCCC2)CCCC4)cc1. The number of aryl methyl sites for hydroxylation is 2. The minimum atomic E-state index is -0.0615. The zero-order valence-corrected chi connectivity index (χ0v) is 20.5. The van der Waals surface area contributed by atoms with E-state index < -0.39 is 0 Å². The van der Waals surface area contributed by atoms with Crippen molar-refractivity contribution in [3.8, 4) is 5.75 Å². The Morgan fingerprint density at radius 3 is 2.70 bits per heavy atom. The van der Waals surface area contributed by atoms with Gasteiger partial charge in [0.15, 0.2) is 5.16 Å². The molecule has 1 saturated carbocycles. The van der Waals surface area contributed by atoms with Gasteiger partial charge in [0.25, 0.3) is 5.56 Å². The zero-order valence-electron chi connectivity index (χ0n) is 18.9. The summed E-state index contributed by atoms with van der Waals surface area (Å²) in [5.74, 6) is 0.974. The van der Waals surface area contributed by atoms with Gasteiger partial charge < -0.3 is 10.1 Å². The monoisotopic (exact) mass is 483 g/mol. The Kier molecular flexibility index (Phi) is 6.74. The van der Waals surface area contributed by atoms with Gasteiger partial charge in [-0.2, -0.15) is 0 Å². The number of thiophene rings is 1. The maximum Gasteiger partial charge on any atom is 0.263 e. The minimum absolute atomic E-state index is 0.0615. The lowest BCUT2D eigenvalue weighted by molar-refractivity contribution is -0.118. The summed E-state index contributed by atoms with van der Waals surface area (Å²) in [7, 11) is 1.63. The van der Waals surface area contributed by atoms with Crippen LogP contribution in [-0.2, 0) is 24.2 Å². The Bertz CT molecular complexity index is 1210. The first-order chi connectivity index (χ1) is 16.1. The number of fused-ring (bicyclic) bond motifs is 3. The lowest BCUT2D eigenvalue weighted by Crippen LogP contribution is -2.28. The molecule has 174 valence electrons. The van der Waals surface area contributed by atoms with Crippen molar-refractivity contribution in [1.29, 1.82) is 0 Å². The van der Waals surface area contributed by atoms with Gasteiger partial charge in [-0.25, -0.2) is 4.98 Å². The summed E-state index contributed by atoms with van der Waals surface area (Å²) in [5.41, 5.74) is 2.35. The summed E-state index contributed by atoms with van der Waals surface area (Å²) in [5, 5.41) is 4.51. The van der Waals surface area contributed by atoms with Crippen molar-refractivity contribution in [2.45, 2.75) is 69.1 Å². The van der Waals surface area contributed by atoms with E-state index in [4.69, 9.17) is 9.72 Å². The molecule has 0 atom stereocenters. The number of aromatic nitrogens is 2. The first kappa shape index (κ1) is 22.5. The van der Waals surface area contributed by atoms with E-state index in [1.54, 1.807) is 18.4 Å². The third kappa shape index (κ3) is 4.68. The maximum atomic E-state index is 13.7. The van der Waals surface area contributed by atoms with Crippen LogP contribution in [0, 0.1) is 0 Å². The summed E-state index contributed by atoms with van der Waals surface area (Å²) < 4.78 is 7.09. The Morgan fingerprint density at radius 1 is 1.18 bits per heavy atom. The van der Waals surface area contributed by atoms with Gasteiger partial charge in [0.2, 0.25) is 5.91 Å². The van der Waals surface area contributed by atoms with Gasteiger partial charge in [0, 0.05) is 17.5 Å². The number of hydrogen-bond acceptors (Lipinski definition) is 6. The second kappa shape index (κ2) is 9.89. The molecule has 2 aliphatic carbocycles. The van der Waals surface area contributed by atoms with Crippen molar-refractivity contribution in [2.75, 3.05) is 12.9 Å². The average molecular weight is 484 g/mol. The topological polar surface area (TPSA) is 73.2 Å². The highest BCUT2D eigenvalue weighted by Crippen LogP contribution is 2.37. The highest BCUT2D eigenvalue weighted by molar-refractivity contribution is 7.99. The second-order valence-corrected chi connectivity index (χ2v) is 10.8. The largest absolute Gasteiger partial charge is 0.497 e. The zero-order chi connectivity index (χ0) is 22.8. The number of amides is 1. The average Bonchev–Trinajstić information content (AvgIpc) is 3.49. The van der Waals surface area contributed by atoms with E-state index >= 15 is 0 Å². The number of carbonyl (C=O) groups excluding carboxylic acids is 1. The quantitative estimate of drug-likeness (QED) is 0.383. The lowest BCUT2D eigenvalue weighted by Gasteiger charge is -2.18. The van der Waals surface area contributed by atoms with Crippen molar-refractivity contribution >= 4 is 39.2 Å². The number of nitrogens with zero attached hydrogens (tertiary/aromatic N) is 2. The fourth-order valence-corrected chi connectivity index (χ4v) is 7.11. The van der Waals surface area contributed by atoms with Gasteiger partial charge in [0.1, 0.15) is 10.6 Å². The summed E-state index contributed by atoms with van der Waals surface area (Å²) in [6, 6.07) is 7.85. The van der Waals surface area contributed by atoms with E-state index in [2.05, 4.69) is 5.32 Å². The van der Waals surface area contributed by atoms with Gasteiger partial charge in [-0.3, -0.25) is 14.2 Å². The number of methoxy groups -OCH3 is 1. The van der Waals surface area contributed by atoms with Crippen LogP contribution in [0.5, 0.6) is 5.75 Å². The Morgan fingerprint density at radius 2 is 1.94 bits per heavy atom. The number of rotatable bonds is 7. The van der Waals surface area contributed by atoms with E-state index in [0.717, 1.165) is 66.5 Å². The van der Waals surface area contributed by atoms with E-state index in [-0.39, 0.29) is 23.3 Å². The molecular formula is C25H29N3O3S2. The second-order valence-electron chi connectivity index (χ2n) is 8.81. The maximum absolute atomic E-state index is 13.7. The van der Waals surface area contributed by atoms with Crippen molar-refractivity contribution in [3.05, 3.63) is 50.6 Å². The van der Waals surface area contributed by atoms with Crippen LogP contribution in [-0.4, -0.2) is 28.3 Å². The fourth-order valence-electron chi connectivity index (χ4n) is 4.91. The number of thioether (sulfide) groups is 1. The van der Waals surface area contributed by atoms with Crippen molar-refractivity contribution in [3.63, 3.8) is 0 Å². The first-order valence-corrected chi connectivity index (χ1v) is 13.5. The van der Waals surface area contributed by atoms with E-state index in [1.807, 2.05) is 28.8 Å². The van der Waals surface area contributed by atoms with Crippen molar-refractivity contribution in [1.82, 2.24) is 14.9 Å². The third-order valence-corrected chi connectivity index (χ3v) is 8.80. The van der Waals surface area contributed by atoms with Crippen LogP contribution in [0.15, 0.2) is 34.2 Å². The van der Waals surface area contributed by atoms with Crippen LogP contribution < -0.4 is 15.6 Å². The molecule has 2 aliphatic rings. The van der Waals surface area contributed by atoms with E-state index in [1.165, 1.54) is 28.6 Å².